The van der Waals surface area contributed by atoms with Crippen LogP contribution in [0, 0.1) is 0 Å². The topological polar surface area (TPSA) is 80.9 Å². The normalized spacial score (nSPS) is 9.94. The summed E-state index contributed by atoms with van der Waals surface area (Å²) in [6.07, 6.45) is 1.54. The van der Waals surface area contributed by atoms with Crippen molar-refractivity contribution < 1.29 is 4.79 Å². The molecule has 1 aromatic carbocycles. The lowest BCUT2D eigenvalue weighted by Gasteiger charge is -2.05. The Morgan fingerprint density at radius 3 is 2.82 bits per heavy atom. The molecule has 86 valence electrons. The third kappa shape index (κ3) is 2.79. The van der Waals surface area contributed by atoms with Gasteiger partial charge in [-0.1, -0.05) is 0 Å². The number of halogens is 1. The Balaban J connectivity index is 2.18. The minimum absolute atomic E-state index is 0.258. The molecule has 2 aromatic rings. The molecule has 0 aliphatic rings. The summed E-state index contributed by atoms with van der Waals surface area (Å²) in [6, 6.07) is 8.32. The highest BCUT2D eigenvalue weighted by atomic mass is 79.9. The van der Waals surface area contributed by atoms with Gasteiger partial charge in [-0.25, -0.2) is 0 Å². The van der Waals surface area contributed by atoms with E-state index in [-0.39, 0.29) is 5.91 Å². The van der Waals surface area contributed by atoms with E-state index in [1.165, 1.54) is 6.20 Å². The molecule has 0 fully saturated rings. The number of rotatable bonds is 2. The van der Waals surface area contributed by atoms with E-state index in [2.05, 4.69) is 31.4 Å². The van der Waals surface area contributed by atoms with E-state index in [4.69, 9.17) is 5.73 Å². The first-order chi connectivity index (χ1) is 8.16. The molecular weight excluding hydrogens is 284 g/mol. The van der Waals surface area contributed by atoms with Crippen LogP contribution in [0.1, 0.15) is 10.4 Å². The van der Waals surface area contributed by atoms with Crippen LogP contribution in [0.4, 0.5) is 11.5 Å². The first kappa shape index (κ1) is 11.5. The van der Waals surface area contributed by atoms with Crippen LogP contribution in [0.25, 0.3) is 0 Å². The summed E-state index contributed by atoms with van der Waals surface area (Å²) in [6.45, 7) is 0. The van der Waals surface area contributed by atoms with Gasteiger partial charge in [-0.3, -0.25) is 4.79 Å². The maximum Gasteiger partial charge on any atom is 0.256 e. The van der Waals surface area contributed by atoms with Crippen molar-refractivity contribution in [2.45, 2.75) is 0 Å². The average molecular weight is 293 g/mol. The number of aromatic nitrogens is 2. The van der Waals surface area contributed by atoms with Crippen LogP contribution in [-0.4, -0.2) is 16.1 Å². The third-order valence-electron chi connectivity index (χ3n) is 2.08. The minimum Gasteiger partial charge on any atom is -0.398 e. The lowest BCUT2D eigenvalue weighted by Crippen LogP contribution is -2.13. The largest absolute Gasteiger partial charge is 0.398 e. The van der Waals surface area contributed by atoms with Crippen LogP contribution >= 0.6 is 15.9 Å². The molecule has 17 heavy (non-hydrogen) atoms. The van der Waals surface area contributed by atoms with Crippen LogP contribution in [0.3, 0.4) is 0 Å². The van der Waals surface area contributed by atoms with Gasteiger partial charge in [-0.2, -0.15) is 5.10 Å². The maximum atomic E-state index is 11.8. The number of hydrogen-bond acceptors (Lipinski definition) is 4. The second-order valence-corrected chi connectivity index (χ2v) is 4.15. The van der Waals surface area contributed by atoms with Crippen molar-refractivity contribution in [2.75, 3.05) is 11.1 Å². The van der Waals surface area contributed by atoms with Crippen molar-refractivity contribution in [1.82, 2.24) is 10.2 Å². The van der Waals surface area contributed by atoms with Crippen molar-refractivity contribution in [1.29, 1.82) is 0 Å². The molecule has 2 rings (SSSR count). The maximum absolute atomic E-state index is 11.8. The molecule has 0 saturated heterocycles. The number of amides is 1. The molecule has 1 aromatic heterocycles. The van der Waals surface area contributed by atoms with Crippen molar-refractivity contribution in [3.05, 3.63) is 46.6 Å². The molecule has 0 radical (unpaired) electrons. The average Bonchev–Trinajstić information content (AvgIpc) is 2.34. The monoisotopic (exact) mass is 292 g/mol. The van der Waals surface area contributed by atoms with E-state index in [1.807, 2.05) is 0 Å². The molecule has 0 bridgehead atoms. The van der Waals surface area contributed by atoms with Gasteiger partial charge >= 0.3 is 0 Å². The molecule has 6 heteroatoms. The molecule has 0 aliphatic heterocycles. The smallest absolute Gasteiger partial charge is 0.256 e. The summed E-state index contributed by atoms with van der Waals surface area (Å²) in [5, 5.41) is 10.1. The Hall–Kier alpha value is -1.95. The number of nitrogen functional groups attached to an aromatic ring is 1. The standard InChI is InChI=1S/C11H9BrN4O/c12-8-6-7(3-4-9(8)13)11(17)15-10-2-1-5-14-16-10/h1-6H,13H2,(H,15,16,17). The second-order valence-electron chi connectivity index (χ2n) is 3.30. The van der Waals surface area contributed by atoms with Gasteiger partial charge in [0, 0.05) is 21.9 Å². The number of nitrogens with zero attached hydrogens (tertiary/aromatic N) is 2. The highest BCUT2D eigenvalue weighted by molar-refractivity contribution is 9.10. The molecule has 1 heterocycles. The number of hydrogen-bond donors (Lipinski definition) is 2. The van der Waals surface area contributed by atoms with Gasteiger partial charge in [-0.05, 0) is 46.3 Å². The van der Waals surface area contributed by atoms with Crippen molar-refractivity contribution >= 4 is 33.3 Å². The van der Waals surface area contributed by atoms with Gasteiger partial charge in [0.1, 0.15) is 0 Å². The van der Waals surface area contributed by atoms with E-state index >= 15 is 0 Å². The summed E-state index contributed by atoms with van der Waals surface area (Å²) in [5.74, 6) is 0.150. The first-order valence-corrected chi connectivity index (χ1v) is 5.60. The van der Waals surface area contributed by atoms with Crippen molar-refractivity contribution in [3.63, 3.8) is 0 Å². The van der Waals surface area contributed by atoms with Gasteiger partial charge < -0.3 is 11.1 Å². The fourth-order valence-electron chi connectivity index (χ4n) is 1.23. The number of nitrogens with two attached hydrogens (primary N) is 1. The minimum atomic E-state index is -0.258. The molecule has 5 nitrogen and oxygen atoms in total. The lowest BCUT2D eigenvalue weighted by atomic mass is 10.2. The summed E-state index contributed by atoms with van der Waals surface area (Å²) < 4.78 is 0.685. The summed E-state index contributed by atoms with van der Waals surface area (Å²) in [7, 11) is 0. The predicted molar refractivity (Wildman–Crippen MR) is 68.5 cm³/mol. The van der Waals surface area contributed by atoms with E-state index in [0.717, 1.165) is 0 Å². The number of carbonyl (C=O) groups excluding carboxylic acids is 1. The van der Waals surface area contributed by atoms with E-state index < -0.39 is 0 Å². The molecule has 3 N–H and O–H groups in total. The molecule has 0 unspecified atom stereocenters. The molecule has 0 spiro atoms. The quantitative estimate of drug-likeness (QED) is 0.831. The Labute approximate surface area is 106 Å². The Bertz CT molecular complexity index is 544. The number of nitrogens with one attached hydrogen (secondary N) is 1. The number of benzene rings is 1. The summed E-state index contributed by atoms with van der Waals surface area (Å²) >= 11 is 3.27. The lowest BCUT2D eigenvalue weighted by molar-refractivity contribution is 0.102. The van der Waals surface area contributed by atoms with Crippen molar-refractivity contribution in [3.8, 4) is 0 Å². The van der Waals surface area contributed by atoms with Gasteiger partial charge in [0.25, 0.3) is 5.91 Å². The zero-order valence-electron chi connectivity index (χ0n) is 8.72. The molecular formula is C11H9BrN4O. The highest BCUT2D eigenvalue weighted by Crippen LogP contribution is 2.20. The molecule has 0 atom stereocenters. The Morgan fingerprint density at radius 2 is 2.18 bits per heavy atom. The SMILES string of the molecule is Nc1ccc(C(=O)Nc2cccnn2)cc1Br. The van der Waals surface area contributed by atoms with Gasteiger partial charge in [0.05, 0.1) is 0 Å². The predicted octanol–water partition coefficient (Wildman–Crippen LogP) is 2.07. The molecule has 0 saturated carbocycles. The van der Waals surface area contributed by atoms with Gasteiger partial charge in [0.2, 0.25) is 0 Å². The van der Waals surface area contributed by atoms with E-state index in [9.17, 15) is 4.79 Å². The second kappa shape index (κ2) is 4.92. The summed E-state index contributed by atoms with van der Waals surface area (Å²) in [4.78, 5) is 11.8. The van der Waals surface area contributed by atoms with Crippen LogP contribution in [0.15, 0.2) is 41.0 Å². The van der Waals surface area contributed by atoms with Crippen molar-refractivity contribution in [2.24, 2.45) is 0 Å². The van der Waals surface area contributed by atoms with E-state index in [0.29, 0.717) is 21.5 Å². The first-order valence-electron chi connectivity index (χ1n) is 4.81. The number of carbonyl (C=O) groups is 1. The molecule has 1 amide bonds. The zero-order valence-corrected chi connectivity index (χ0v) is 10.3. The van der Waals surface area contributed by atoms with Gasteiger partial charge in [0.15, 0.2) is 5.82 Å². The fourth-order valence-corrected chi connectivity index (χ4v) is 1.60. The molecule has 0 aliphatic carbocycles. The van der Waals surface area contributed by atoms with Crippen LogP contribution in [-0.2, 0) is 0 Å². The zero-order chi connectivity index (χ0) is 12.3. The Morgan fingerprint density at radius 1 is 1.35 bits per heavy atom. The van der Waals surface area contributed by atoms with Crippen LogP contribution in [0.2, 0.25) is 0 Å². The third-order valence-corrected chi connectivity index (χ3v) is 2.76. The van der Waals surface area contributed by atoms with Crippen LogP contribution in [0.5, 0.6) is 0 Å². The van der Waals surface area contributed by atoms with E-state index in [1.54, 1.807) is 30.3 Å². The summed E-state index contributed by atoms with van der Waals surface area (Å²) in [5.41, 5.74) is 6.72. The van der Waals surface area contributed by atoms with Gasteiger partial charge in [-0.15, -0.1) is 5.10 Å². The number of anilines is 2. The van der Waals surface area contributed by atoms with Crippen LogP contribution < -0.4 is 11.1 Å². The Kier molecular flexibility index (Phi) is 3.34. The fraction of sp³-hybridized carbons (Fsp3) is 0. The highest BCUT2D eigenvalue weighted by Gasteiger charge is 2.08.